The molecule has 0 saturated carbocycles. The summed E-state index contributed by atoms with van der Waals surface area (Å²) in [6, 6.07) is 25.5. The van der Waals surface area contributed by atoms with Crippen molar-refractivity contribution in [2.45, 2.75) is 143 Å². The Morgan fingerprint density at radius 3 is 1.30 bits per heavy atom. The van der Waals surface area contributed by atoms with Gasteiger partial charge >= 0.3 is 28.4 Å². The first-order valence-electron chi connectivity index (χ1n) is 22.0. The standard InChI is InChI=1S/C26H40N2Si2.2C12H16O4.Ni/c1-8-9-10-26(28-25-17-13-23(14-18-25)21-30(5,6)7)19-27-24-15-11-22(12-16-24)20-29(2,3)4;2*1-2-3-4-5-8-6-7-9(13)11(14)10(8)12(15)16;/h11-19H,8-10,20-21H2,1-7H3;2*6-7,13-14H,2-5H2,1H3,(H,15,16);/q;;;+2/p-2. The van der Waals surface area contributed by atoms with E-state index in [1.807, 2.05) is 20.1 Å². The van der Waals surface area contributed by atoms with Gasteiger partial charge in [0.2, 0.25) is 0 Å². The molecule has 0 fully saturated rings. The third kappa shape index (κ3) is 21.5. The normalized spacial score (nSPS) is 11.5. The summed E-state index contributed by atoms with van der Waals surface area (Å²) in [6.45, 7) is 20.8. The van der Waals surface area contributed by atoms with Crippen LogP contribution in [0.2, 0.25) is 39.3 Å². The van der Waals surface area contributed by atoms with Gasteiger partial charge in [-0.1, -0.05) is 151 Å². The number of aliphatic imine (C=N–C) groups is 2. The molecule has 346 valence electrons. The Balaban J connectivity index is 0.000000510. The van der Waals surface area contributed by atoms with Crippen molar-refractivity contribution in [1.82, 2.24) is 0 Å². The summed E-state index contributed by atoms with van der Waals surface area (Å²) in [5.41, 5.74) is 6.35. The monoisotopic (exact) mass is 940 g/mol. The van der Waals surface area contributed by atoms with Gasteiger partial charge in [0, 0.05) is 22.4 Å². The van der Waals surface area contributed by atoms with E-state index in [0.717, 1.165) is 74.9 Å². The number of aromatic carboxylic acids is 2. The van der Waals surface area contributed by atoms with Gasteiger partial charge in [0.05, 0.1) is 28.2 Å². The number of carbonyl (C=O) groups is 2. The Bertz CT molecular complexity index is 2000. The molecule has 0 aromatic heterocycles. The van der Waals surface area contributed by atoms with E-state index in [4.69, 9.17) is 30.4 Å². The molecule has 0 saturated heterocycles. The predicted octanol–water partition coefficient (Wildman–Crippen LogP) is 12.0. The fourth-order valence-electron chi connectivity index (χ4n) is 6.68. The third-order valence-electron chi connectivity index (χ3n) is 9.74. The van der Waals surface area contributed by atoms with Crippen LogP contribution in [0.25, 0.3) is 0 Å². The average molecular weight is 942 g/mol. The number of carboxylic acid groups (broad SMARTS) is 2. The van der Waals surface area contributed by atoms with Gasteiger partial charge < -0.3 is 30.6 Å². The smallest absolute Gasteiger partial charge is 0.869 e. The second-order valence-corrected chi connectivity index (χ2v) is 29.1. The summed E-state index contributed by atoms with van der Waals surface area (Å²) >= 11 is 0. The van der Waals surface area contributed by atoms with E-state index in [1.165, 1.54) is 47.5 Å². The first-order valence-corrected chi connectivity index (χ1v) is 29.4. The number of rotatable bonds is 20. The first kappa shape index (κ1) is 56.3. The second kappa shape index (κ2) is 28.2. The van der Waals surface area contributed by atoms with Crippen molar-refractivity contribution < 1.29 is 56.7 Å². The topological polar surface area (TPSA) is 186 Å². The number of phenols is 2. The molecule has 4 aromatic rings. The zero-order valence-electron chi connectivity index (χ0n) is 38.8. The van der Waals surface area contributed by atoms with Crippen LogP contribution in [0.3, 0.4) is 0 Å². The molecule has 0 spiro atoms. The van der Waals surface area contributed by atoms with Crippen LogP contribution in [0.1, 0.15) is 122 Å². The number of hydrogen-bond donors (Lipinski definition) is 4. The van der Waals surface area contributed by atoms with Crippen molar-refractivity contribution >= 4 is 51.4 Å². The summed E-state index contributed by atoms with van der Waals surface area (Å²) in [6.07, 6.45) is 12.1. The maximum atomic E-state index is 11.4. The van der Waals surface area contributed by atoms with Gasteiger partial charge in [-0.05, 0) is 98.1 Å². The molecule has 0 bridgehead atoms. The molecule has 0 heterocycles. The Labute approximate surface area is 388 Å². The molecule has 63 heavy (non-hydrogen) atoms. The molecular formula is C50H70N2NiO8Si2. The van der Waals surface area contributed by atoms with Crippen LogP contribution in [-0.4, -0.2) is 60.4 Å². The van der Waals surface area contributed by atoms with E-state index >= 15 is 0 Å². The van der Waals surface area contributed by atoms with Crippen LogP contribution in [0.4, 0.5) is 11.4 Å². The quantitative estimate of drug-likeness (QED) is 0.0383. The molecular weight excluding hydrogens is 871 g/mol. The molecule has 10 nitrogen and oxygen atoms in total. The Kier molecular flexibility index (Phi) is 25.2. The van der Waals surface area contributed by atoms with Crippen LogP contribution >= 0.6 is 0 Å². The number of aromatic hydroxyl groups is 2. The van der Waals surface area contributed by atoms with Crippen molar-refractivity contribution in [3.8, 4) is 23.0 Å². The third-order valence-corrected chi connectivity index (χ3v) is 12.7. The molecule has 0 radical (unpaired) electrons. The Morgan fingerprint density at radius 2 is 0.952 bits per heavy atom. The largest absolute Gasteiger partial charge is 2.00 e. The zero-order valence-corrected chi connectivity index (χ0v) is 41.8. The van der Waals surface area contributed by atoms with E-state index < -0.39 is 51.1 Å². The van der Waals surface area contributed by atoms with Crippen LogP contribution < -0.4 is 10.2 Å². The van der Waals surface area contributed by atoms with Crippen molar-refractivity contribution in [1.29, 1.82) is 0 Å². The van der Waals surface area contributed by atoms with Crippen molar-refractivity contribution in [3.05, 3.63) is 106 Å². The molecule has 13 heteroatoms. The fourth-order valence-corrected chi connectivity index (χ4v) is 9.60. The number of benzene rings is 4. The zero-order chi connectivity index (χ0) is 46.5. The van der Waals surface area contributed by atoms with E-state index in [1.54, 1.807) is 0 Å². The first-order chi connectivity index (χ1) is 29.2. The Hall–Kier alpha value is -4.71. The van der Waals surface area contributed by atoms with Gasteiger partial charge in [0.25, 0.3) is 0 Å². The van der Waals surface area contributed by atoms with Crippen molar-refractivity contribution in [3.63, 3.8) is 0 Å². The van der Waals surface area contributed by atoms with Gasteiger partial charge in [0.1, 0.15) is 11.5 Å². The van der Waals surface area contributed by atoms with Crippen molar-refractivity contribution in [2.75, 3.05) is 0 Å². The SMILES string of the molecule is CCCCC(C=Nc1ccc(C[Si](C)(C)C)cc1)=Nc1ccc(C[Si](C)(C)C)cc1.CCCCCc1ccc(O)c([O-])c1C(=O)O.CCCCCc1ccc(O)c([O-])c1C(=O)O.[Ni+2]. The molecule has 4 rings (SSSR count). The summed E-state index contributed by atoms with van der Waals surface area (Å²) in [5.74, 6) is -5.13. The number of phenolic OH excluding ortho intramolecular Hbond substituents is 2. The molecule has 0 amide bonds. The van der Waals surface area contributed by atoms with Gasteiger partial charge in [-0.25, -0.2) is 9.59 Å². The summed E-state index contributed by atoms with van der Waals surface area (Å²) in [7, 11) is -2.17. The summed E-state index contributed by atoms with van der Waals surface area (Å²) in [4.78, 5) is 31.5. The maximum Gasteiger partial charge on any atom is 2.00 e. The number of hydrogen-bond acceptors (Lipinski definition) is 8. The minimum Gasteiger partial charge on any atom is -0.869 e. The molecule has 4 aromatic carbocycles. The Morgan fingerprint density at radius 1 is 0.571 bits per heavy atom. The van der Waals surface area contributed by atoms with Gasteiger partial charge in [-0.15, -0.1) is 0 Å². The number of nitrogens with zero attached hydrogens (tertiary/aromatic N) is 2. The van der Waals surface area contributed by atoms with E-state index in [9.17, 15) is 19.8 Å². The molecule has 4 N–H and O–H groups in total. The number of aryl methyl sites for hydroxylation is 2. The van der Waals surface area contributed by atoms with Crippen molar-refractivity contribution in [2.24, 2.45) is 9.98 Å². The maximum absolute atomic E-state index is 11.4. The van der Waals surface area contributed by atoms with Gasteiger partial charge in [0.15, 0.2) is 0 Å². The molecule has 0 unspecified atom stereocenters. The van der Waals surface area contributed by atoms with E-state index in [0.29, 0.717) is 24.0 Å². The summed E-state index contributed by atoms with van der Waals surface area (Å²) in [5, 5.41) is 59.0. The fraction of sp³-hybridized carbons (Fsp3) is 0.440. The molecule has 0 aliphatic heterocycles. The van der Waals surface area contributed by atoms with Crippen LogP contribution in [0, 0.1) is 0 Å². The minimum atomic E-state index is -1.27. The molecule has 0 aliphatic rings. The average Bonchev–Trinajstić information content (AvgIpc) is 3.19. The predicted molar refractivity (Wildman–Crippen MR) is 257 cm³/mol. The molecule has 0 aliphatic carbocycles. The van der Waals surface area contributed by atoms with Crippen LogP contribution in [-0.2, 0) is 41.4 Å². The minimum absolute atomic E-state index is 0. The van der Waals surface area contributed by atoms with Crippen LogP contribution in [0.5, 0.6) is 23.0 Å². The van der Waals surface area contributed by atoms with Gasteiger partial charge in [-0.3, -0.25) is 9.98 Å². The second-order valence-electron chi connectivity index (χ2n) is 18.2. The number of carboxylic acids is 2. The summed E-state index contributed by atoms with van der Waals surface area (Å²) < 4.78 is 0. The van der Waals surface area contributed by atoms with E-state index in [-0.39, 0.29) is 27.6 Å². The van der Waals surface area contributed by atoms with E-state index in [2.05, 4.69) is 94.7 Å². The molecule has 0 atom stereocenters. The van der Waals surface area contributed by atoms with Gasteiger partial charge in [-0.2, -0.15) is 0 Å². The van der Waals surface area contributed by atoms with Crippen LogP contribution in [0.15, 0.2) is 82.8 Å². The number of unbranched alkanes of at least 4 members (excludes halogenated alkanes) is 5.